The summed E-state index contributed by atoms with van der Waals surface area (Å²) in [7, 11) is 3.85. The van der Waals surface area contributed by atoms with Crippen molar-refractivity contribution in [1.29, 1.82) is 0 Å². The Morgan fingerprint density at radius 3 is 2.68 bits per heavy atom. The van der Waals surface area contributed by atoms with Gasteiger partial charge in [-0.05, 0) is 18.1 Å². The van der Waals surface area contributed by atoms with E-state index in [1.54, 1.807) is 6.20 Å². The number of aliphatic hydroxyl groups is 1. The molecule has 106 valence electrons. The Labute approximate surface area is 113 Å². The summed E-state index contributed by atoms with van der Waals surface area (Å²) in [5, 5.41) is 14.4. The van der Waals surface area contributed by atoms with E-state index in [1.165, 1.54) is 0 Å². The van der Waals surface area contributed by atoms with Crippen LogP contribution in [0, 0.1) is 0 Å². The highest BCUT2D eigenvalue weighted by atomic mass is 16.3. The van der Waals surface area contributed by atoms with E-state index in [-0.39, 0.29) is 18.7 Å². The first-order valence-electron chi connectivity index (χ1n) is 6.34. The number of aromatic nitrogens is 1. The Bertz CT molecular complexity index is 388. The molecule has 3 N–H and O–H groups in total. The zero-order valence-corrected chi connectivity index (χ0v) is 11.7. The van der Waals surface area contributed by atoms with Crippen LogP contribution in [-0.2, 0) is 6.54 Å². The molecule has 0 unspecified atom stereocenters. The van der Waals surface area contributed by atoms with Crippen LogP contribution in [0.5, 0.6) is 0 Å². The van der Waals surface area contributed by atoms with Crippen LogP contribution in [0.25, 0.3) is 0 Å². The van der Waals surface area contributed by atoms with Gasteiger partial charge < -0.3 is 20.6 Å². The molecule has 6 nitrogen and oxygen atoms in total. The third-order valence-electron chi connectivity index (χ3n) is 2.77. The lowest BCUT2D eigenvalue weighted by atomic mass is 10.2. The van der Waals surface area contributed by atoms with E-state index in [4.69, 9.17) is 5.11 Å². The molecule has 6 heteroatoms. The van der Waals surface area contributed by atoms with E-state index in [9.17, 15) is 4.79 Å². The maximum Gasteiger partial charge on any atom is 0.315 e. The van der Waals surface area contributed by atoms with Gasteiger partial charge in [0.05, 0.1) is 12.6 Å². The number of nitrogens with one attached hydrogen (secondary N) is 2. The molecule has 0 aliphatic rings. The Morgan fingerprint density at radius 2 is 2.21 bits per heavy atom. The largest absolute Gasteiger partial charge is 0.394 e. The van der Waals surface area contributed by atoms with Crippen molar-refractivity contribution in [1.82, 2.24) is 15.6 Å². The number of aliphatic hydroxyl groups excluding tert-OH is 1. The number of urea groups is 1. The van der Waals surface area contributed by atoms with Gasteiger partial charge in [-0.15, -0.1) is 0 Å². The molecule has 1 aromatic rings. The number of carbonyl (C=O) groups excluding carboxylic acids is 1. The smallest absolute Gasteiger partial charge is 0.315 e. The molecule has 0 saturated carbocycles. The highest BCUT2D eigenvalue weighted by Gasteiger charge is 2.08. The van der Waals surface area contributed by atoms with Crippen LogP contribution in [0.4, 0.5) is 10.6 Å². The Hall–Kier alpha value is -1.82. The van der Waals surface area contributed by atoms with Crippen molar-refractivity contribution in [2.75, 3.05) is 25.6 Å². The zero-order valence-electron chi connectivity index (χ0n) is 11.7. The Balaban J connectivity index is 2.41. The van der Waals surface area contributed by atoms with Crippen molar-refractivity contribution < 1.29 is 9.90 Å². The second-order valence-corrected chi connectivity index (χ2v) is 4.53. The topological polar surface area (TPSA) is 77.5 Å². The summed E-state index contributed by atoms with van der Waals surface area (Å²) >= 11 is 0. The molecule has 19 heavy (non-hydrogen) atoms. The molecule has 1 aromatic heterocycles. The highest BCUT2D eigenvalue weighted by molar-refractivity contribution is 5.74. The van der Waals surface area contributed by atoms with Crippen LogP contribution in [0.1, 0.15) is 18.9 Å². The standard InChI is InChI=1S/C13H22N4O2/c1-4-11(9-18)16-13(19)15-8-10-5-6-12(14-7-10)17(2)3/h5-7,11,18H,4,8-9H2,1-3H3,(H2,15,16,19)/t11-/m1/s1. The fraction of sp³-hybridized carbons (Fsp3) is 0.538. The molecule has 0 aliphatic carbocycles. The van der Waals surface area contributed by atoms with Gasteiger partial charge in [0.15, 0.2) is 0 Å². The third-order valence-corrected chi connectivity index (χ3v) is 2.77. The first kappa shape index (κ1) is 15.2. The summed E-state index contributed by atoms with van der Waals surface area (Å²) in [4.78, 5) is 17.7. The van der Waals surface area contributed by atoms with Gasteiger partial charge in [-0.3, -0.25) is 0 Å². The van der Waals surface area contributed by atoms with E-state index in [0.29, 0.717) is 13.0 Å². The highest BCUT2D eigenvalue weighted by Crippen LogP contribution is 2.07. The van der Waals surface area contributed by atoms with Gasteiger partial charge in [-0.25, -0.2) is 9.78 Å². The van der Waals surface area contributed by atoms with Gasteiger partial charge in [0.1, 0.15) is 5.82 Å². The van der Waals surface area contributed by atoms with Crippen LogP contribution in [0.2, 0.25) is 0 Å². The van der Waals surface area contributed by atoms with Crippen LogP contribution in [0.3, 0.4) is 0 Å². The minimum atomic E-state index is -0.280. The molecule has 0 fully saturated rings. The second-order valence-electron chi connectivity index (χ2n) is 4.53. The quantitative estimate of drug-likeness (QED) is 0.709. The molecule has 0 radical (unpaired) electrons. The summed E-state index contributed by atoms with van der Waals surface area (Å²) in [5.41, 5.74) is 0.929. The van der Waals surface area contributed by atoms with Crippen molar-refractivity contribution >= 4 is 11.8 Å². The molecule has 0 aliphatic heterocycles. The van der Waals surface area contributed by atoms with Crippen molar-refractivity contribution in [2.24, 2.45) is 0 Å². The number of rotatable bonds is 6. The fourth-order valence-corrected chi connectivity index (χ4v) is 1.48. The first-order chi connectivity index (χ1) is 9.06. The predicted octanol–water partition coefficient (Wildman–Crippen LogP) is 0.718. The minimum Gasteiger partial charge on any atom is -0.394 e. The number of amides is 2. The van der Waals surface area contributed by atoms with Crippen LogP contribution in [0.15, 0.2) is 18.3 Å². The summed E-state index contributed by atoms with van der Waals surface area (Å²) in [6.07, 6.45) is 2.43. The van der Waals surface area contributed by atoms with E-state index < -0.39 is 0 Å². The van der Waals surface area contributed by atoms with Crippen molar-refractivity contribution in [2.45, 2.75) is 25.9 Å². The first-order valence-corrected chi connectivity index (χ1v) is 6.34. The zero-order chi connectivity index (χ0) is 14.3. The summed E-state index contributed by atoms with van der Waals surface area (Å²) in [5.74, 6) is 0.875. The number of carbonyl (C=O) groups is 1. The van der Waals surface area contributed by atoms with Crippen molar-refractivity contribution in [3.05, 3.63) is 23.9 Å². The lowest BCUT2D eigenvalue weighted by Crippen LogP contribution is -2.43. The van der Waals surface area contributed by atoms with E-state index in [2.05, 4.69) is 15.6 Å². The Morgan fingerprint density at radius 1 is 1.47 bits per heavy atom. The van der Waals surface area contributed by atoms with Crippen LogP contribution >= 0.6 is 0 Å². The Kier molecular flexibility index (Phi) is 6.08. The molecule has 1 atom stereocenters. The van der Waals surface area contributed by atoms with Gasteiger partial charge in [-0.2, -0.15) is 0 Å². The summed E-state index contributed by atoms with van der Waals surface area (Å²) in [6, 6.07) is 3.34. The fourth-order valence-electron chi connectivity index (χ4n) is 1.48. The van der Waals surface area contributed by atoms with Crippen LogP contribution in [-0.4, -0.2) is 42.9 Å². The molecular formula is C13H22N4O2. The normalized spacial score (nSPS) is 11.8. The number of hydrogen-bond acceptors (Lipinski definition) is 4. The van der Waals surface area contributed by atoms with E-state index in [0.717, 1.165) is 11.4 Å². The number of anilines is 1. The van der Waals surface area contributed by atoms with E-state index >= 15 is 0 Å². The molecule has 0 bridgehead atoms. The van der Waals surface area contributed by atoms with Gasteiger partial charge in [0, 0.05) is 26.8 Å². The average Bonchev–Trinajstić information content (AvgIpc) is 2.43. The lowest BCUT2D eigenvalue weighted by Gasteiger charge is -2.15. The van der Waals surface area contributed by atoms with Crippen LogP contribution < -0.4 is 15.5 Å². The molecular weight excluding hydrogens is 244 g/mol. The van der Waals surface area contributed by atoms with Gasteiger partial charge >= 0.3 is 6.03 Å². The summed E-state index contributed by atoms with van der Waals surface area (Å²) in [6.45, 7) is 2.27. The second kappa shape index (κ2) is 7.58. The summed E-state index contributed by atoms with van der Waals surface area (Å²) < 4.78 is 0. The number of nitrogens with zero attached hydrogens (tertiary/aromatic N) is 2. The maximum absolute atomic E-state index is 11.6. The molecule has 2 amide bonds. The predicted molar refractivity (Wildman–Crippen MR) is 75.1 cm³/mol. The number of pyridine rings is 1. The number of hydrogen-bond donors (Lipinski definition) is 3. The van der Waals surface area contributed by atoms with Crippen molar-refractivity contribution in [3.8, 4) is 0 Å². The SMILES string of the molecule is CC[C@H](CO)NC(=O)NCc1ccc(N(C)C)nc1. The maximum atomic E-state index is 11.6. The van der Waals surface area contributed by atoms with Gasteiger partial charge in [0.25, 0.3) is 0 Å². The van der Waals surface area contributed by atoms with E-state index in [1.807, 2.05) is 38.1 Å². The molecule has 0 spiro atoms. The van der Waals surface area contributed by atoms with Crippen molar-refractivity contribution in [3.63, 3.8) is 0 Å². The molecule has 1 heterocycles. The third kappa shape index (κ3) is 5.13. The monoisotopic (exact) mass is 266 g/mol. The average molecular weight is 266 g/mol. The molecule has 0 saturated heterocycles. The molecule has 0 aromatic carbocycles. The van der Waals surface area contributed by atoms with Gasteiger partial charge in [0.2, 0.25) is 0 Å². The lowest BCUT2D eigenvalue weighted by molar-refractivity contribution is 0.214. The molecule has 1 rings (SSSR count). The van der Waals surface area contributed by atoms with Gasteiger partial charge in [-0.1, -0.05) is 13.0 Å². The minimum absolute atomic E-state index is 0.0526.